The molecule has 4 nitrogen and oxygen atoms in total. The highest BCUT2D eigenvalue weighted by Crippen LogP contribution is 2.21. The van der Waals surface area contributed by atoms with Crippen molar-refractivity contribution in [3.8, 4) is 0 Å². The van der Waals surface area contributed by atoms with Crippen molar-refractivity contribution in [3.05, 3.63) is 40.4 Å². The van der Waals surface area contributed by atoms with Crippen LogP contribution in [0.1, 0.15) is 37.9 Å². The number of para-hydroxylation sites is 1. The van der Waals surface area contributed by atoms with Gasteiger partial charge in [-0.05, 0) is 37.8 Å². The molecule has 0 bridgehead atoms. The van der Waals surface area contributed by atoms with E-state index < -0.39 is 0 Å². The monoisotopic (exact) mass is 269 g/mol. The second-order valence-electron chi connectivity index (χ2n) is 5.46. The van der Waals surface area contributed by atoms with Crippen LogP contribution in [0.3, 0.4) is 0 Å². The Bertz CT molecular complexity index is 696. The molecule has 1 heterocycles. The van der Waals surface area contributed by atoms with Crippen LogP contribution in [0.4, 0.5) is 0 Å². The molecule has 0 unspecified atom stereocenters. The van der Waals surface area contributed by atoms with Crippen molar-refractivity contribution >= 4 is 17.1 Å². The Kier molecular flexibility index (Phi) is 3.63. The topological polar surface area (TPSA) is 47.2 Å². The first kappa shape index (κ1) is 13.0. The summed E-state index contributed by atoms with van der Waals surface area (Å²) in [6.45, 7) is 1.83. The Hall–Kier alpha value is -1.97. The predicted molar refractivity (Wildman–Crippen MR) is 81.2 cm³/mol. The Morgan fingerprint density at radius 1 is 1.25 bits per heavy atom. The molecule has 20 heavy (non-hydrogen) atoms. The largest absolute Gasteiger partial charge is 0.282 e. The maximum atomic E-state index is 12.4. The number of benzene rings is 1. The molecule has 3 rings (SSSR count). The van der Waals surface area contributed by atoms with Crippen LogP contribution >= 0.6 is 0 Å². The SMILES string of the molecule is Cc1nc2ccccc2c(=O)n1/N=C/C1CCCCC1. The average molecular weight is 269 g/mol. The van der Waals surface area contributed by atoms with Crippen molar-refractivity contribution in [2.75, 3.05) is 0 Å². The highest BCUT2D eigenvalue weighted by molar-refractivity contribution is 5.77. The molecule has 1 saturated carbocycles. The zero-order valence-corrected chi connectivity index (χ0v) is 11.7. The number of fused-ring (bicyclic) bond motifs is 1. The number of aryl methyl sites for hydroxylation is 1. The fourth-order valence-corrected chi connectivity index (χ4v) is 2.81. The molecule has 2 aromatic rings. The van der Waals surface area contributed by atoms with Crippen molar-refractivity contribution in [1.82, 2.24) is 9.66 Å². The van der Waals surface area contributed by atoms with Crippen molar-refractivity contribution in [1.29, 1.82) is 0 Å². The molecule has 1 aliphatic carbocycles. The third-order valence-electron chi connectivity index (χ3n) is 3.96. The Morgan fingerprint density at radius 3 is 2.80 bits per heavy atom. The van der Waals surface area contributed by atoms with Gasteiger partial charge in [-0.1, -0.05) is 31.4 Å². The summed E-state index contributed by atoms with van der Waals surface area (Å²) < 4.78 is 1.43. The summed E-state index contributed by atoms with van der Waals surface area (Å²) in [6, 6.07) is 7.41. The van der Waals surface area contributed by atoms with Crippen LogP contribution in [0, 0.1) is 12.8 Å². The smallest absolute Gasteiger partial charge is 0.267 e. The van der Waals surface area contributed by atoms with E-state index in [0.717, 1.165) is 5.52 Å². The van der Waals surface area contributed by atoms with E-state index in [2.05, 4.69) is 10.1 Å². The van der Waals surface area contributed by atoms with E-state index in [1.54, 1.807) is 6.07 Å². The minimum absolute atomic E-state index is 0.0832. The van der Waals surface area contributed by atoms with Crippen LogP contribution in [0.25, 0.3) is 10.9 Å². The third kappa shape index (κ3) is 2.50. The van der Waals surface area contributed by atoms with Crippen LogP contribution in [-0.2, 0) is 0 Å². The quantitative estimate of drug-likeness (QED) is 0.786. The van der Waals surface area contributed by atoms with Gasteiger partial charge in [-0.2, -0.15) is 9.78 Å². The molecule has 0 radical (unpaired) electrons. The Balaban J connectivity index is 1.98. The summed E-state index contributed by atoms with van der Waals surface area (Å²) >= 11 is 0. The van der Waals surface area contributed by atoms with E-state index in [0.29, 0.717) is 17.1 Å². The summed E-state index contributed by atoms with van der Waals surface area (Å²) in [5.41, 5.74) is 0.652. The van der Waals surface area contributed by atoms with E-state index in [1.807, 2.05) is 31.3 Å². The van der Waals surface area contributed by atoms with Crippen LogP contribution in [0.2, 0.25) is 0 Å². The maximum absolute atomic E-state index is 12.4. The van der Waals surface area contributed by atoms with Gasteiger partial charge < -0.3 is 0 Å². The fraction of sp³-hybridized carbons (Fsp3) is 0.438. The number of hydrogen-bond acceptors (Lipinski definition) is 3. The molecule has 1 aromatic heterocycles. The first-order valence-corrected chi connectivity index (χ1v) is 7.28. The van der Waals surface area contributed by atoms with E-state index in [1.165, 1.54) is 36.8 Å². The van der Waals surface area contributed by atoms with Crippen LogP contribution in [0.5, 0.6) is 0 Å². The lowest BCUT2D eigenvalue weighted by molar-refractivity contribution is 0.443. The summed E-state index contributed by atoms with van der Waals surface area (Å²) in [7, 11) is 0. The molecule has 0 aliphatic heterocycles. The van der Waals surface area contributed by atoms with Crippen molar-refractivity contribution in [3.63, 3.8) is 0 Å². The van der Waals surface area contributed by atoms with Gasteiger partial charge in [0.2, 0.25) is 0 Å². The Morgan fingerprint density at radius 2 is 2.00 bits per heavy atom. The number of rotatable bonds is 2. The van der Waals surface area contributed by atoms with Gasteiger partial charge in [-0.25, -0.2) is 4.98 Å². The Labute approximate surface area is 118 Å². The highest BCUT2D eigenvalue weighted by Gasteiger charge is 2.12. The molecule has 1 fully saturated rings. The first-order valence-electron chi connectivity index (χ1n) is 7.28. The van der Waals surface area contributed by atoms with Crippen LogP contribution in [-0.4, -0.2) is 15.9 Å². The van der Waals surface area contributed by atoms with Gasteiger partial charge in [0, 0.05) is 6.21 Å². The molecule has 4 heteroatoms. The minimum Gasteiger partial charge on any atom is -0.267 e. The molecule has 0 amide bonds. The second-order valence-corrected chi connectivity index (χ2v) is 5.46. The van der Waals surface area contributed by atoms with Gasteiger partial charge in [0.25, 0.3) is 5.56 Å². The molecular weight excluding hydrogens is 250 g/mol. The van der Waals surface area contributed by atoms with Gasteiger partial charge in [-0.3, -0.25) is 4.79 Å². The fourth-order valence-electron chi connectivity index (χ4n) is 2.81. The number of aromatic nitrogens is 2. The lowest BCUT2D eigenvalue weighted by Crippen LogP contribution is -2.21. The molecule has 1 aliphatic rings. The lowest BCUT2D eigenvalue weighted by atomic mass is 9.90. The molecule has 0 saturated heterocycles. The lowest BCUT2D eigenvalue weighted by Gasteiger charge is -2.17. The van der Waals surface area contributed by atoms with Crippen molar-refractivity contribution in [2.45, 2.75) is 39.0 Å². The van der Waals surface area contributed by atoms with Gasteiger partial charge >= 0.3 is 0 Å². The van der Waals surface area contributed by atoms with Crippen LogP contribution in [0.15, 0.2) is 34.2 Å². The average Bonchev–Trinajstić information content (AvgIpc) is 2.48. The summed E-state index contributed by atoms with van der Waals surface area (Å²) in [5, 5.41) is 5.02. The molecule has 0 atom stereocenters. The van der Waals surface area contributed by atoms with E-state index >= 15 is 0 Å². The highest BCUT2D eigenvalue weighted by atomic mass is 16.1. The van der Waals surface area contributed by atoms with E-state index in [9.17, 15) is 4.79 Å². The first-order chi connectivity index (χ1) is 9.75. The van der Waals surface area contributed by atoms with Crippen molar-refractivity contribution in [2.24, 2.45) is 11.0 Å². The van der Waals surface area contributed by atoms with Crippen molar-refractivity contribution < 1.29 is 0 Å². The van der Waals surface area contributed by atoms with Gasteiger partial charge in [0.1, 0.15) is 5.82 Å². The minimum atomic E-state index is -0.0832. The standard InChI is InChI=1S/C16H19N3O/c1-12-18-15-10-6-5-9-14(15)16(20)19(12)17-11-13-7-3-2-4-8-13/h5-6,9-11,13H,2-4,7-8H2,1H3/b17-11+. The molecule has 0 N–H and O–H groups in total. The molecule has 0 spiro atoms. The summed E-state index contributed by atoms with van der Waals surface area (Å²) in [4.78, 5) is 16.9. The number of hydrogen-bond donors (Lipinski definition) is 0. The molecule has 1 aromatic carbocycles. The maximum Gasteiger partial charge on any atom is 0.282 e. The van der Waals surface area contributed by atoms with E-state index in [4.69, 9.17) is 0 Å². The van der Waals surface area contributed by atoms with Crippen LogP contribution < -0.4 is 5.56 Å². The predicted octanol–water partition coefficient (Wildman–Crippen LogP) is 3.12. The summed E-state index contributed by atoms with van der Waals surface area (Å²) in [5.74, 6) is 1.14. The normalized spacial score (nSPS) is 17.1. The second kappa shape index (κ2) is 5.57. The molecular formula is C16H19N3O. The van der Waals surface area contributed by atoms with Gasteiger partial charge in [-0.15, -0.1) is 0 Å². The van der Waals surface area contributed by atoms with E-state index in [-0.39, 0.29) is 5.56 Å². The van der Waals surface area contributed by atoms with Gasteiger partial charge in [0.05, 0.1) is 10.9 Å². The third-order valence-corrected chi connectivity index (χ3v) is 3.96. The molecule has 104 valence electrons. The zero-order chi connectivity index (χ0) is 13.9. The summed E-state index contributed by atoms with van der Waals surface area (Å²) in [6.07, 6.45) is 8.14. The van der Waals surface area contributed by atoms with Gasteiger partial charge in [0.15, 0.2) is 0 Å². The zero-order valence-electron chi connectivity index (χ0n) is 11.7. The number of nitrogens with zero attached hydrogens (tertiary/aromatic N) is 3.